The van der Waals surface area contributed by atoms with Crippen LogP contribution >= 0.6 is 0 Å². The molecule has 0 bridgehead atoms. The summed E-state index contributed by atoms with van der Waals surface area (Å²) < 4.78 is 94.2. The number of sulfone groups is 1. The van der Waals surface area contributed by atoms with Crippen LogP contribution in [0.5, 0.6) is 5.75 Å². The Kier molecular flexibility index (Phi) is 3.34. The maximum atomic E-state index is 14.5. The minimum Gasteiger partial charge on any atom is -0.455 e. The van der Waals surface area contributed by atoms with Gasteiger partial charge in [0.1, 0.15) is 17.6 Å². The number of nitrogens with zero attached hydrogens (tertiary/aromatic N) is 1. The summed E-state index contributed by atoms with van der Waals surface area (Å²) in [6.07, 6.45) is -2.10. The van der Waals surface area contributed by atoms with Gasteiger partial charge in [-0.1, -0.05) is 0 Å². The van der Waals surface area contributed by atoms with Crippen molar-refractivity contribution in [2.24, 2.45) is 0 Å². The summed E-state index contributed by atoms with van der Waals surface area (Å²) in [6, 6.07) is 2.88. The summed E-state index contributed by atoms with van der Waals surface area (Å²) in [4.78, 5) is -0.443. The van der Waals surface area contributed by atoms with Crippen molar-refractivity contribution in [2.75, 3.05) is 6.18 Å². The van der Waals surface area contributed by atoms with E-state index >= 15 is 0 Å². The van der Waals surface area contributed by atoms with E-state index in [1.807, 2.05) is 0 Å². The number of hydrogen-bond donors (Lipinski definition) is 1. The zero-order valence-electron chi connectivity index (χ0n) is 16.1. The lowest BCUT2D eigenvalue weighted by atomic mass is 9.90. The Morgan fingerprint density at radius 3 is 2.69 bits per heavy atom. The SMILES string of the molecule is [2H]C([2H])([2H])S(=O)(=O)c1ccc(OC2=CC(F)=CC(O)(C#N)C2(F)F)c2c1CCC2. The van der Waals surface area contributed by atoms with E-state index in [4.69, 9.17) is 14.1 Å². The molecule has 26 heavy (non-hydrogen) atoms. The van der Waals surface area contributed by atoms with E-state index in [9.17, 15) is 26.7 Å². The van der Waals surface area contributed by atoms with Gasteiger partial charge in [-0.2, -0.15) is 14.0 Å². The van der Waals surface area contributed by atoms with Gasteiger partial charge >= 0.3 is 5.92 Å². The van der Waals surface area contributed by atoms with E-state index in [1.54, 1.807) is 0 Å². The van der Waals surface area contributed by atoms with Crippen LogP contribution in [0, 0.1) is 11.3 Å². The number of benzene rings is 1. The molecular weight excluding hydrogens is 371 g/mol. The molecule has 1 N–H and O–H groups in total. The van der Waals surface area contributed by atoms with Crippen molar-refractivity contribution >= 4 is 9.84 Å². The maximum Gasteiger partial charge on any atom is 0.349 e. The normalized spacial score (nSPS) is 26.5. The van der Waals surface area contributed by atoms with Gasteiger partial charge in [-0.25, -0.2) is 12.8 Å². The number of nitriles is 1. The first-order valence-electron chi connectivity index (χ1n) is 8.94. The monoisotopic (exact) mass is 388 g/mol. The molecule has 9 heteroatoms. The van der Waals surface area contributed by atoms with E-state index in [-0.39, 0.29) is 35.8 Å². The highest BCUT2D eigenvalue weighted by Gasteiger charge is 2.59. The quantitative estimate of drug-likeness (QED) is 0.805. The van der Waals surface area contributed by atoms with Crippen molar-refractivity contribution in [3.63, 3.8) is 0 Å². The van der Waals surface area contributed by atoms with Crippen LogP contribution in [-0.4, -0.2) is 31.2 Å². The fraction of sp³-hybridized carbons (Fsp3) is 0.353. The Labute approximate surface area is 152 Å². The van der Waals surface area contributed by atoms with Gasteiger partial charge in [-0.3, -0.25) is 0 Å². The molecule has 3 rings (SSSR count). The van der Waals surface area contributed by atoms with Crippen molar-refractivity contribution in [2.45, 2.75) is 35.7 Å². The molecule has 2 aliphatic carbocycles. The smallest absolute Gasteiger partial charge is 0.349 e. The van der Waals surface area contributed by atoms with Crippen LogP contribution in [-0.2, 0) is 22.7 Å². The topological polar surface area (TPSA) is 87.4 Å². The minimum absolute atomic E-state index is 0.0658. The van der Waals surface area contributed by atoms with Gasteiger partial charge < -0.3 is 9.84 Å². The molecule has 0 saturated heterocycles. The van der Waals surface area contributed by atoms with Crippen LogP contribution < -0.4 is 4.74 Å². The molecule has 0 aromatic heterocycles. The van der Waals surface area contributed by atoms with Crippen LogP contribution in [0.4, 0.5) is 13.2 Å². The van der Waals surface area contributed by atoms with E-state index in [2.05, 4.69) is 0 Å². The summed E-state index contributed by atoms with van der Waals surface area (Å²) in [6.45, 7) is 0. The third-order valence-electron chi connectivity index (χ3n) is 4.28. The Balaban J connectivity index is 2.09. The summed E-state index contributed by atoms with van der Waals surface area (Å²) in [5, 5.41) is 18.6. The number of alkyl halides is 2. The van der Waals surface area contributed by atoms with Crippen LogP contribution in [0.1, 0.15) is 21.7 Å². The summed E-state index contributed by atoms with van der Waals surface area (Å²) >= 11 is 0. The summed E-state index contributed by atoms with van der Waals surface area (Å²) in [7, 11) is -4.68. The molecule has 1 aromatic rings. The second-order valence-electron chi connectivity index (χ2n) is 5.97. The van der Waals surface area contributed by atoms with Crippen LogP contribution in [0.25, 0.3) is 0 Å². The molecule has 0 aliphatic heterocycles. The van der Waals surface area contributed by atoms with Gasteiger partial charge in [0.2, 0.25) is 5.60 Å². The molecule has 1 aromatic carbocycles. The first-order valence-corrected chi connectivity index (χ1v) is 8.92. The second kappa shape index (κ2) is 5.86. The number of allylic oxidation sites excluding steroid dienone is 2. The van der Waals surface area contributed by atoms with Gasteiger partial charge in [-0.15, -0.1) is 0 Å². The molecule has 0 spiro atoms. The molecule has 1 atom stereocenters. The lowest BCUT2D eigenvalue weighted by molar-refractivity contribution is -0.118. The Morgan fingerprint density at radius 2 is 2.04 bits per heavy atom. The molecule has 2 aliphatic rings. The van der Waals surface area contributed by atoms with Crippen molar-refractivity contribution in [3.05, 3.63) is 47.0 Å². The average Bonchev–Trinajstić information content (AvgIpc) is 3.08. The minimum atomic E-state index is -4.68. The van der Waals surface area contributed by atoms with Crippen molar-refractivity contribution in [1.29, 1.82) is 5.26 Å². The number of aliphatic hydroxyl groups is 1. The number of fused-ring (bicyclic) bond motifs is 1. The highest BCUT2D eigenvalue weighted by Crippen LogP contribution is 2.44. The predicted molar refractivity (Wildman–Crippen MR) is 85.0 cm³/mol. The van der Waals surface area contributed by atoms with Crippen LogP contribution in [0.2, 0.25) is 0 Å². The van der Waals surface area contributed by atoms with Crippen molar-refractivity contribution in [1.82, 2.24) is 0 Å². The molecule has 0 fully saturated rings. The highest BCUT2D eigenvalue weighted by molar-refractivity contribution is 7.90. The second-order valence-corrected chi connectivity index (χ2v) is 7.42. The first kappa shape index (κ1) is 14.8. The largest absolute Gasteiger partial charge is 0.455 e. The van der Waals surface area contributed by atoms with Crippen molar-refractivity contribution < 1.29 is 35.5 Å². The van der Waals surface area contributed by atoms with Crippen LogP contribution in [0.3, 0.4) is 0 Å². The van der Waals surface area contributed by atoms with E-state index in [0.717, 1.165) is 18.2 Å². The number of hydrogen-bond acceptors (Lipinski definition) is 5. The lowest BCUT2D eigenvalue weighted by Gasteiger charge is -2.31. The summed E-state index contributed by atoms with van der Waals surface area (Å²) in [5.74, 6) is -7.16. The molecule has 138 valence electrons. The van der Waals surface area contributed by atoms with Gasteiger partial charge in [0, 0.05) is 22.4 Å². The fourth-order valence-corrected chi connectivity index (χ4v) is 3.83. The molecular formula is C17H14F3NO4S. The predicted octanol–water partition coefficient (Wildman–Crippen LogP) is 2.60. The molecule has 1 unspecified atom stereocenters. The first-order chi connectivity index (χ1) is 13.2. The molecule has 0 radical (unpaired) electrons. The average molecular weight is 388 g/mol. The van der Waals surface area contributed by atoms with E-state index in [1.165, 1.54) is 0 Å². The Bertz CT molecular complexity index is 1090. The van der Waals surface area contributed by atoms with Crippen LogP contribution in [0.15, 0.2) is 40.8 Å². The third kappa shape index (κ3) is 2.79. The highest BCUT2D eigenvalue weighted by atomic mass is 32.2. The summed E-state index contributed by atoms with van der Waals surface area (Å²) in [5.41, 5.74) is -3.14. The van der Waals surface area contributed by atoms with Gasteiger partial charge in [0.05, 0.1) is 4.90 Å². The zero-order chi connectivity index (χ0) is 21.8. The third-order valence-corrected chi connectivity index (χ3v) is 5.24. The van der Waals surface area contributed by atoms with E-state index < -0.39 is 44.0 Å². The number of halogens is 3. The maximum absolute atomic E-state index is 14.5. The fourth-order valence-electron chi connectivity index (χ4n) is 3.04. The Morgan fingerprint density at radius 1 is 1.35 bits per heavy atom. The number of ether oxygens (including phenoxy) is 1. The standard InChI is InChI=1S/C17H14F3NO4S/c1-26(23,24)14-6-5-13(11-3-2-4-12(11)14)25-15-7-10(18)8-16(22,9-21)17(15,19)20/h5-8,22H,2-4H2,1H3/i1D3. The van der Waals surface area contributed by atoms with Gasteiger partial charge in [0.15, 0.2) is 15.6 Å². The zero-order valence-corrected chi connectivity index (χ0v) is 13.9. The van der Waals surface area contributed by atoms with Crippen molar-refractivity contribution in [3.8, 4) is 11.8 Å². The molecule has 0 amide bonds. The molecule has 5 nitrogen and oxygen atoms in total. The lowest BCUT2D eigenvalue weighted by Crippen LogP contribution is -2.49. The molecule has 0 heterocycles. The van der Waals surface area contributed by atoms with Gasteiger partial charge in [0.25, 0.3) is 0 Å². The van der Waals surface area contributed by atoms with E-state index in [0.29, 0.717) is 12.5 Å². The van der Waals surface area contributed by atoms with Gasteiger partial charge in [-0.05, 0) is 42.5 Å². The molecule has 0 saturated carbocycles. The number of rotatable bonds is 3. The Hall–Kier alpha value is -2.31.